The summed E-state index contributed by atoms with van der Waals surface area (Å²) in [5.41, 5.74) is 0.441. The van der Waals surface area contributed by atoms with E-state index in [4.69, 9.17) is 9.05 Å². The Balaban J connectivity index is 1.75. The van der Waals surface area contributed by atoms with Crippen molar-refractivity contribution in [2.24, 2.45) is 0 Å². The molecule has 0 spiro atoms. The largest absolute Gasteiger partial charge is 0.504 e. The van der Waals surface area contributed by atoms with Gasteiger partial charge in [-0.25, -0.2) is 27.3 Å². The fourth-order valence-electron chi connectivity index (χ4n) is 3.16. The molecule has 1 atom stereocenters. The Morgan fingerprint density at radius 2 is 1.79 bits per heavy atom. The molecule has 0 saturated carbocycles. The fraction of sp³-hybridized carbons (Fsp3) is 0.300. The lowest BCUT2D eigenvalue weighted by Crippen LogP contribution is -2.22. The standard InChI is InChI=1S/C20H23N7O5S/c1-5-12(14-10-9-11(2)31-14)21-17-18(24-20-19(23-17)25-32-26-20)22-13-7-6-8-15(16(13)28)33(29,30)27(3)4/h6-10,12,28H,5H2,1-4H3,(H,21,23,25)(H,22,24,26)/t12-/m1/s1. The van der Waals surface area contributed by atoms with E-state index in [0.717, 1.165) is 10.1 Å². The third kappa shape index (κ3) is 4.32. The van der Waals surface area contributed by atoms with E-state index in [9.17, 15) is 13.5 Å². The monoisotopic (exact) mass is 473 g/mol. The van der Waals surface area contributed by atoms with Crippen LogP contribution in [0.1, 0.15) is 30.9 Å². The minimum Gasteiger partial charge on any atom is -0.504 e. The number of phenols is 1. The summed E-state index contributed by atoms with van der Waals surface area (Å²) >= 11 is 0. The zero-order chi connectivity index (χ0) is 23.8. The van der Waals surface area contributed by atoms with Crippen LogP contribution in [0.5, 0.6) is 5.75 Å². The number of aryl methyl sites for hydroxylation is 1. The van der Waals surface area contributed by atoms with Crippen molar-refractivity contribution in [3.8, 4) is 5.75 Å². The highest BCUT2D eigenvalue weighted by atomic mass is 32.2. The molecule has 0 aliphatic heterocycles. The zero-order valence-corrected chi connectivity index (χ0v) is 19.2. The molecule has 33 heavy (non-hydrogen) atoms. The molecular formula is C20H23N7O5S. The summed E-state index contributed by atoms with van der Waals surface area (Å²) in [6.07, 6.45) is 0.672. The highest BCUT2D eigenvalue weighted by Gasteiger charge is 2.25. The van der Waals surface area contributed by atoms with Gasteiger partial charge in [-0.2, -0.15) is 0 Å². The molecule has 4 aromatic rings. The lowest BCUT2D eigenvalue weighted by Gasteiger charge is -2.19. The molecule has 12 nitrogen and oxygen atoms in total. The van der Waals surface area contributed by atoms with Gasteiger partial charge in [0.15, 0.2) is 17.4 Å². The second-order valence-electron chi connectivity index (χ2n) is 7.45. The van der Waals surface area contributed by atoms with Gasteiger partial charge in [0.25, 0.3) is 0 Å². The smallest absolute Gasteiger partial charge is 0.246 e. The van der Waals surface area contributed by atoms with Gasteiger partial charge in [0.2, 0.25) is 21.3 Å². The van der Waals surface area contributed by atoms with E-state index >= 15 is 0 Å². The number of aromatic nitrogens is 4. The number of phenolic OH excluding ortho intramolecular Hbond substituents is 1. The first-order valence-electron chi connectivity index (χ1n) is 10.1. The lowest BCUT2D eigenvalue weighted by molar-refractivity contribution is 0.314. The molecule has 3 heterocycles. The van der Waals surface area contributed by atoms with Crippen LogP contribution in [0, 0.1) is 6.92 Å². The molecule has 1 aromatic carbocycles. The average molecular weight is 474 g/mol. The summed E-state index contributed by atoms with van der Waals surface area (Å²) in [5, 5.41) is 24.4. The van der Waals surface area contributed by atoms with Crippen LogP contribution in [0.4, 0.5) is 17.3 Å². The van der Waals surface area contributed by atoms with Crippen LogP contribution >= 0.6 is 0 Å². The van der Waals surface area contributed by atoms with Crippen LogP contribution in [0.3, 0.4) is 0 Å². The Bertz CT molecular complexity index is 1400. The molecular weight excluding hydrogens is 450 g/mol. The molecule has 3 N–H and O–H groups in total. The van der Waals surface area contributed by atoms with Crippen molar-refractivity contribution in [3.05, 3.63) is 41.9 Å². The van der Waals surface area contributed by atoms with E-state index in [1.165, 1.54) is 32.3 Å². The summed E-state index contributed by atoms with van der Waals surface area (Å²) in [4.78, 5) is 8.56. The van der Waals surface area contributed by atoms with Crippen molar-refractivity contribution in [1.82, 2.24) is 24.6 Å². The number of fused-ring (bicyclic) bond motifs is 1. The fourth-order valence-corrected chi connectivity index (χ4v) is 4.16. The number of aromatic hydroxyl groups is 1. The minimum atomic E-state index is -3.87. The SMILES string of the molecule is CC[C@@H](Nc1nc2nonc2nc1Nc1cccc(S(=O)(=O)N(C)C)c1O)c1ccc(C)o1. The van der Waals surface area contributed by atoms with Crippen molar-refractivity contribution in [3.63, 3.8) is 0 Å². The topological polar surface area (TPSA) is 160 Å². The molecule has 174 valence electrons. The molecule has 0 radical (unpaired) electrons. The normalized spacial score (nSPS) is 12.9. The number of rotatable bonds is 8. The van der Waals surface area contributed by atoms with Crippen LogP contribution in [0.15, 0.2) is 44.3 Å². The number of benzene rings is 1. The Morgan fingerprint density at radius 1 is 1.09 bits per heavy atom. The van der Waals surface area contributed by atoms with Gasteiger partial charge in [-0.3, -0.25) is 0 Å². The Labute approximate surface area is 189 Å². The molecule has 4 rings (SSSR count). The van der Waals surface area contributed by atoms with Gasteiger partial charge in [0, 0.05) is 14.1 Å². The maximum absolute atomic E-state index is 12.6. The number of nitrogens with one attached hydrogen (secondary N) is 2. The number of hydrogen-bond acceptors (Lipinski definition) is 11. The van der Waals surface area contributed by atoms with Gasteiger partial charge in [0.1, 0.15) is 16.4 Å². The van der Waals surface area contributed by atoms with E-state index in [-0.39, 0.29) is 33.7 Å². The molecule has 0 aliphatic carbocycles. The van der Waals surface area contributed by atoms with E-state index in [0.29, 0.717) is 18.0 Å². The number of furan rings is 1. The predicted octanol–water partition coefficient (Wildman–Crippen LogP) is 3.18. The number of hydrogen-bond donors (Lipinski definition) is 3. The number of para-hydroxylation sites is 1. The number of sulfonamides is 1. The summed E-state index contributed by atoms with van der Waals surface area (Å²) in [5.74, 6) is 1.51. The predicted molar refractivity (Wildman–Crippen MR) is 120 cm³/mol. The highest BCUT2D eigenvalue weighted by molar-refractivity contribution is 7.89. The molecule has 0 fully saturated rings. The summed E-state index contributed by atoms with van der Waals surface area (Å²) < 4.78 is 36.6. The zero-order valence-electron chi connectivity index (χ0n) is 18.4. The van der Waals surface area contributed by atoms with Crippen molar-refractivity contribution in [2.75, 3.05) is 24.7 Å². The lowest BCUT2D eigenvalue weighted by atomic mass is 10.1. The Morgan fingerprint density at radius 3 is 2.39 bits per heavy atom. The molecule has 0 saturated heterocycles. The van der Waals surface area contributed by atoms with Crippen molar-refractivity contribution in [1.29, 1.82) is 0 Å². The minimum absolute atomic E-state index is 0.118. The summed E-state index contributed by atoms with van der Waals surface area (Å²) in [6.45, 7) is 3.83. The van der Waals surface area contributed by atoms with Crippen LogP contribution < -0.4 is 10.6 Å². The molecule has 0 bridgehead atoms. The maximum Gasteiger partial charge on any atom is 0.246 e. The highest BCUT2D eigenvalue weighted by Crippen LogP contribution is 2.36. The molecule has 13 heteroatoms. The quantitative estimate of drug-likeness (QED) is 0.322. The second kappa shape index (κ2) is 8.67. The number of anilines is 3. The van der Waals surface area contributed by atoms with Crippen LogP contribution in [0.25, 0.3) is 11.3 Å². The van der Waals surface area contributed by atoms with E-state index in [1.54, 1.807) is 0 Å². The van der Waals surface area contributed by atoms with Crippen molar-refractivity contribution >= 4 is 38.6 Å². The molecule has 3 aromatic heterocycles. The van der Waals surface area contributed by atoms with Gasteiger partial charge >= 0.3 is 0 Å². The maximum atomic E-state index is 12.6. The first kappa shape index (κ1) is 22.5. The second-order valence-corrected chi connectivity index (χ2v) is 9.57. The van der Waals surface area contributed by atoms with Crippen molar-refractivity contribution < 1.29 is 22.6 Å². The number of nitrogens with zero attached hydrogens (tertiary/aromatic N) is 5. The third-order valence-electron chi connectivity index (χ3n) is 4.95. The van der Waals surface area contributed by atoms with E-state index in [2.05, 4.69) is 30.9 Å². The van der Waals surface area contributed by atoms with Gasteiger partial charge in [-0.05, 0) is 47.9 Å². The van der Waals surface area contributed by atoms with E-state index in [1.807, 2.05) is 26.0 Å². The first-order valence-corrected chi connectivity index (χ1v) is 11.5. The van der Waals surface area contributed by atoms with Crippen LogP contribution in [0.2, 0.25) is 0 Å². The molecule has 0 amide bonds. The summed E-state index contributed by atoms with van der Waals surface area (Å²) in [6, 6.07) is 7.85. The van der Waals surface area contributed by atoms with Crippen LogP contribution in [-0.4, -0.2) is 52.2 Å². The first-order chi connectivity index (χ1) is 15.7. The van der Waals surface area contributed by atoms with Crippen LogP contribution in [-0.2, 0) is 10.0 Å². The summed E-state index contributed by atoms with van der Waals surface area (Å²) in [7, 11) is -1.10. The van der Waals surface area contributed by atoms with Gasteiger partial charge in [0.05, 0.1) is 11.7 Å². The van der Waals surface area contributed by atoms with Gasteiger partial charge < -0.3 is 20.2 Å². The Kier molecular flexibility index (Phi) is 5.91. The van der Waals surface area contributed by atoms with E-state index < -0.39 is 15.8 Å². The van der Waals surface area contributed by atoms with Gasteiger partial charge in [-0.1, -0.05) is 13.0 Å². The van der Waals surface area contributed by atoms with Gasteiger partial charge in [-0.15, -0.1) is 0 Å². The Hall–Kier alpha value is -3.71. The average Bonchev–Trinajstić information content (AvgIpc) is 3.41. The molecule has 0 unspecified atom stereocenters. The van der Waals surface area contributed by atoms with Crippen molar-refractivity contribution in [2.45, 2.75) is 31.2 Å². The molecule has 0 aliphatic rings. The third-order valence-corrected chi connectivity index (χ3v) is 6.80.